The number of methoxy groups -OCH3 is 1. The molecule has 0 aliphatic carbocycles. The second-order valence-electron chi connectivity index (χ2n) is 5.22. The molecule has 0 aliphatic heterocycles. The number of carbonyl (C=O) groups is 1. The summed E-state index contributed by atoms with van der Waals surface area (Å²) in [5, 5.41) is 16.7. The summed E-state index contributed by atoms with van der Waals surface area (Å²) in [5.74, 6) is -0.778. The molecule has 23 heavy (non-hydrogen) atoms. The van der Waals surface area contributed by atoms with Crippen molar-refractivity contribution >= 4 is 29.2 Å². The molecular formula is C16H17Cl2N2O3-. The Hall–Kier alpha value is -1.72. The number of aliphatic carboxylic acids is 1. The number of hydrogen-bond donors (Lipinski definition) is 0. The summed E-state index contributed by atoms with van der Waals surface area (Å²) < 4.78 is 6.77. The van der Waals surface area contributed by atoms with Crippen molar-refractivity contribution in [2.45, 2.75) is 32.7 Å². The molecule has 0 bridgehead atoms. The summed E-state index contributed by atoms with van der Waals surface area (Å²) in [7, 11) is 1.49. The van der Waals surface area contributed by atoms with Crippen LogP contribution in [0.2, 0.25) is 10.0 Å². The molecule has 1 aromatic heterocycles. The van der Waals surface area contributed by atoms with E-state index in [0.717, 1.165) is 11.1 Å². The van der Waals surface area contributed by atoms with Crippen LogP contribution in [0.15, 0.2) is 18.2 Å². The van der Waals surface area contributed by atoms with E-state index in [4.69, 9.17) is 27.9 Å². The van der Waals surface area contributed by atoms with Crippen LogP contribution < -0.4 is 9.84 Å². The summed E-state index contributed by atoms with van der Waals surface area (Å²) in [6.07, 6.45) is 0.834. The van der Waals surface area contributed by atoms with Gasteiger partial charge in [0.25, 0.3) is 0 Å². The molecule has 1 aromatic carbocycles. The number of benzene rings is 1. The second-order valence-corrected chi connectivity index (χ2v) is 6.09. The van der Waals surface area contributed by atoms with Gasteiger partial charge in [-0.3, -0.25) is 0 Å². The first-order chi connectivity index (χ1) is 10.9. The largest absolute Gasteiger partial charge is 0.548 e. The molecule has 0 N–H and O–H groups in total. The number of nitrogens with zero attached hydrogens (tertiary/aromatic N) is 2. The van der Waals surface area contributed by atoms with E-state index in [2.05, 4.69) is 5.10 Å². The first kappa shape index (κ1) is 17.6. The summed E-state index contributed by atoms with van der Waals surface area (Å²) in [6, 6.07) is 4.39. The van der Waals surface area contributed by atoms with Gasteiger partial charge in [0.2, 0.25) is 5.88 Å². The Labute approximate surface area is 144 Å². The maximum absolute atomic E-state index is 11.3. The molecule has 0 radical (unpaired) electrons. The molecule has 0 amide bonds. The Morgan fingerprint density at radius 3 is 2.43 bits per heavy atom. The molecule has 0 saturated carbocycles. The lowest BCUT2D eigenvalue weighted by Crippen LogP contribution is -2.33. The minimum absolute atomic E-state index is 0.349. The lowest BCUT2D eigenvalue weighted by atomic mass is 10.1. The van der Waals surface area contributed by atoms with Crippen LogP contribution in [0.5, 0.6) is 5.88 Å². The van der Waals surface area contributed by atoms with Gasteiger partial charge in [0.15, 0.2) is 0 Å². The molecule has 1 atom stereocenters. The number of carboxylic acid groups (broad SMARTS) is 1. The van der Waals surface area contributed by atoms with Crippen LogP contribution in [0, 0.1) is 6.92 Å². The average Bonchev–Trinajstić information content (AvgIpc) is 2.74. The highest BCUT2D eigenvalue weighted by Gasteiger charge is 2.22. The van der Waals surface area contributed by atoms with Gasteiger partial charge in [0.1, 0.15) is 0 Å². The number of aromatic nitrogens is 2. The van der Waals surface area contributed by atoms with Crippen LogP contribution in [0.1, 0.15) is 36.2 Å². The summed E-state index contributed by atoms with van der Waals surface area (Å²) in [4.78, 5) is 11.3. The highest BCUT2D eigenvalue weighted by Crippen LogP contribution is 2.30. The van der Waals surface area contributed by atoms with E-state index in [1.165, 1.54) is 11.8 Å². The van der Waals surface area contributed by atoms with Crippen LogP contribution in [0.25, 0.3) is 0 Å². The van der Waals surface area contributed by atoms with Gasteiger partial charge >= 0.3 is 0 Å². The zero-order valence-corrected chi connectivity index (χ0v) is 14.6. The quantitative estimate of drug-likeness (QED) is 0.798. The van der Waals surface area contributed by atoms with Crippen LogP contribution in [0.4, 0.5) is 0 Å². The van der Waals surface area contributed by atoms with E-state index in [0.29, 0.717) is 34.5 Å². The third-order valence-corrected chi connectivity index (χ3v) is 4.05. The Morgan fingerprint density at radius 2 is 1.96 bits per heavy atom. The van der Waals surface area contributed by atoms with E-state index >= 15 is 0 Å². The molecule has 124 valence electrons. The van der Waals surface area contributed by atoms with E-state index in [9.17, 15) is 9.90 Å². The minimum atomic E-state index is -1.19. The summed E-state index contributed by atoms with van der Waals surface area (Å²) >= 11 is 12.1. The number of carbonyl (C=O) groups excluding carboxylic acids is 1. The predicted octanol–water partition coefficient (Wildman–Crippen LogP) is 2.80. The van der Waals surface area contributed by atoms with Crippen molar-refractivity contribution in [1.82, 2.24) is 9.78 Å². The van der Waals surface area contributed by atoms with Gasteiger partial charge in [-0.1, -0.05) is 30.1 Å². The summed E-state index contributed by atoms with van der Waals surface area (Å²) in [6.45, 7) is 3.57. The molecule has 0 aliphatic rings. The smallest absolute Gasteiger partial charge is 0.216 e. The SMILES string of the molecule is CCC(C(=O)[O-])n1nc(C)c(Cc2cc(Cl)cc(Cl)c2)c1OC. The predicted molar refractivity (Wildman–Crippen MR) is 87.1 cm³/mol. The molecular weight excluding hydrogens is 339 g/mol. The summed E-state index contributed by atoms with van der Waals surface area (Å²) in [5.41, 5.74) is 2.38. The van der Waals surface area contributed by atoms with Crippen molar-refractivity contribution in [2.24, 2.45) is 0 Å². The average molecular weight is 356 g/mol. The van der Waals surface area contributed by atoms with E-state index in [-0.39, 0.29) is 0 Å². The number of ether oxygens (including phenoxy) is 1. The second kappa shape index (κ2) is 7.23. The zero-order chi connectivity index (χ0) is 17.1. The minimum Gasteiger partial charge on any atom is -0.548 e. The Balaban J connectivity index is 2.46. The van der Waals surface area contributed by atoms with Gasteiger partial charge in [-0.25, -0.2) is 4.68 Å². The molecule has 1 heterocycles. The Bertz CT molecular complexity index is 708. The molecule has 2 aromatic rings. The first-order valence-corrected chi connectivity index (χ1v) is 7.90. The maximum atomic E-state index is 11.3. The van der Waals surface area contributed by atoms with Crippen molar-refractivity contribution in [3.8, 4) is 5.88 Å². The fourth-order valence-electron chi connectivity index (χ4n) is 2.55. The third kappa shape index (κ3) is 3.79. The van der Waals surface area contributed by atoms with Crippen LogP contribution in [-0.2, 0) is 11.2 Å². The number of aryl methyl sites for hydroxylation is 1. The van der Waals surface area contributed by atoms with Gasteiger partial charge in [0, 0.05) is 22.0 Å². The van der Waals surface area contributed by atoms with Gasteiger partial charge in [-0.15, -0.1) is 0 Å². The molecule has 0 saturated heterocycles. The monoisotopic (exact) mass is 355 g/mol. The normalized spacial score (nSPS) is 12.2. The van der Waals surface area contributed by atoms with Crippen molar-refractivity contribution in [3.05, 3.63) is 45.1 Å². The lowest BCUT2D eigenvalue weighted by molar-refractivity contribution is -0.310. The molecule has 5 nitrogen and oxygen atoms in total. The fraction of sp³-hybridized carbons (Fsp3) is 0.375. The van der Waals surface area contributed by atoms with Gasteiger partial charge in [-0.05, 0) is 37.1 Å². The molecule has 7 heteroatoms. The molecule has 2 rings (SSSR count). The molecule has 0 fully saturated rings. The van der Waals surface area contributed by atoms with Crippen LogP contribution >= 0.6 is 23.2 Å². The van der Waals surface area contributed by atoms with Crippen molar-refractivity contribution in [3.63, 3.8) is 0 Å². The number of halogens is 2. The van der Waals surface area contributed by atoms with E-state index in [1.807, 2.05) is 6.92 Å². The highest BCUT2D eigenvalue weighted by atomic mass is 35.5. The van der Waals surface area contributed by atoms with Crippen molar-refractivity contribution < 1.29 is 14.6 Å². The fourth-order valence-corrected chi connectivity index (χ4v) is 3.12. The van der Waals surface area contributed by atoms with Gasteiger partial charge in [-0.2, -0.15) is 5.10 Å². The molecule has 1 unspecified atom stereocenters. The number of rotatable bonds is 6. The highest BCUT2D eigenvalue weighted by molar-refractivity contribution is 6.34. The Kier molecular flexibility index (Phi) is 5.55. The lowest BCUT2D eigenvalue weighted by Gasteiger charge is -2.19. The topological polar surface area (TPSA) is 67.2 Å². The van der Waals surface area contributed by atoms with Gasteiger partial charge < -0.3 is 14.6 Å². The first-order valence-electron chi connectivity index (χ1n) is 7.15. The van der Waals surface area contributed by atoms with Crippen molar-refractivity contribution in [1.29, 1.82) is 0 Å². The standard InChI is InChI=1S/C16H18Cl2N2O3/c1-4-14(16(21)22)20-15(23-3)13(9(2)19-20)7-10-5-11(17)8-12(18)6-10/h5-6,8,14H,4,7H2,1-3H3,(H,21,22)/p-1. The third-order valence-electron chi connectivity index (χ3n) is 3.61. The number of carboxylic acids is 1. The molecule has 0 spiro atoms. The van der Waals surface area contributed by atoms with E-state index < -0.39 is 12.0 Å². The zero-order valence-electron chi connectivity index (χ0n) is 13.1. The Morgan fingerprint density at radius 1 is 1.35 bits per heavy atom. The van der Waals surface area contributed by atoms with E-state index in [1.54, 1.807) is 25.1 Å². The van der Waals surface area contributed by atoms with Crippen molar-refractivity contribution in [2.75, 3.05) is 7.11 Å². The van der Waals surface area contributed by atoms with Gasteiger partial charge in [0.05, 0.1) is 24.8 Å². The number of hydrogen-bond acceptors (Lipinski definition) is 4. The maximum Gasteiger partial charge on any atom is 0.216 e. The van der Waals surface area contributed by atoms with Crippen LogP contribution in [0.3, 0.4) is 0 Å². The van der Waals surface area contributed by atoms with Crippen LogP contribution in [-0.4, -0.2) is 22.9 Å².